The van der Waals surface area contributed by atoms with E-state index in [0.717, 1.165) is 24.8 Å². The predicted octanol–water partition coefficient (Wildman–Crippen LogP) is 2.52. The van der Waals surface area contributed by atoms with E-state index < -0.39 is 0 Å². The minimum Gasteiger partial charge on any atom is -0.362 e. The average molecular weight is 212 g/mol. The van der Waals surface area contributed by atoms with Crippen molar-refractivity contribution in [1.82, 2.24) is 4.90 Å². The van der Waals surface area contributed by atoms with Crippen LogP contribution < -0.4 is 0 Å². The van der Waals surface area contributed by atoms with E-state index in [-0.39, 0.29) is 0 Å². The molecule has 0 aromatic heterocycles. The van der Waals surface area contributed by atoms with Gasteiger partial charge in [0.25, 0.3) is 0 Å². The van der Waals surface area contributed by atoms with Crippen LogP contribution in [0.2, 0.25) is 5.02 Å². The van der Waals surface area contributed by atoms with E-state index in [0.29, 0.717) is 6.10 Å². The molecule has 0 N–H and O–H groups in total. The van der Waals surface area contributed by atoms with Crippen LogP contribution >= 0.6 is 11.6 Å². The number of hydrogen-bond acceptors (Lipinski definition) is 2. The van der Waals surface area contributed by atoms with Crippen LogP contribution in [-0.2, 0) is 11.3 Å². The number of ether oxygens (including phenoxy) is 1. The number of hydrogen-bond donors (Lipinski definition) is 0. The first-order valence-electron chi connectivity index (χ1n) is 4.82. The average Bonchev–Trinajstić information content (AvgIpc) is 2.56. The SMILES string of the molecule is CC1CN(Cc2ccc(Cl)cc2)CO1. The molecule has 0 amide bonds. The smallest absolute Gasteiger partial charge is 0.0998 e. The van der Waals surface area contributed by atoms with Gasteiger partial charge in [-0.15, -0.1) is 0 Å². The molecule has 2 rings (SSSR count). The van der Waals surface area contributed by atoms with E-state index >= 15 is 0 Å². The molecular weight excluding hydrogens is 198 g/mol. The standard InChI is InChI=1S/C11H14ClNO/c1-9-6-13(8-14-9)7-10-2-4-11(12)5-3-10/h2-5,9H,6-8H2,1H3. The Morgan fingerprint density at radius 3 is 2.71 bits per heavy atom. The molecule has 1 aromatic carbocycles. The van der Waals surface area contributed by atoms with Crippen LogP contribution in [0.15, 0.2) is 24.3 Å². The highest BCUT2D eigenvalue weighted by Gasteiger charge is 2.18. The number of halogens is 1. The van der Waals surface area contributed by atoms with Crippen molar-refractivity contribution < 1.29 is 4.74 Å². The fourth-order valence-electron chi connectivity index (χ4n) is 1.66. The van der Waals surface area contributed by atoms with Crippen molar-refractivity contribution in [3.63, 3.8) is 0 Å². The lowest BCUT2D eigenvalue weighted by molar-refractivity contribution is 0.0971. The molecule has 1 aliphatic heterocycles. The summed E-state index contributed by atoms with van der Waals surface area (Å²) >= 11 is 5.81. The molecule has 0 saturated carbocycles. The van der Waals surface area contributed by atoms with Crippen LogP contribution in [0.4, 0.5) is 0 Å². The van der Waals surface area contributed by atoms with Crippen LogP contribution in [0.25, 0.3) is 0 Å². The van der Waals surface area contributed by atoms with Crippen LogP contribution in [0.1, 0.15) is 12.5 Å². The highest BCUT2D eigenvalue weighted by molar-refractivity contribution is 6.30. The molecule has 3 heteroatoms. The van der Waals surface area contributed by atoms with Crippen LogP contribution in [-0.4, -0.2) is 24.3 Å². The van der Waals surface area contributed by atoms with Crippen molar-refractivity contribution in [3.05, 3.63) is 34.9 Å². The van der Waals surface area contributed by atoms with Gasteiger partial charge in [-0.2, -0.15) is 0 Å². The number of benzene rings is 1. The molecule has 0 spiro atoms. The summed E-state index contributed by atoms with van der Waals surface area (Å²) in [6.07, 6.45) is 0.363. The van der Waals surface area contributed by atoms with Crippen molar-refractivity contribution in [2.75, 3.05) is 13.3 Å². The van der Waals surface area contributed by atoms with E-state index in [2.05, 4.69) is 24.0 Å². The van der Waals surface area contributed by atoms with E-state index in [1.807, 2.05) is 12.1 Å². The molecule has 1 fully saturated rings. The molecule has 1 heterocycles. The Kier molecular flexibility index (Phi) is 3.06. The molecule has 1 aromatic rings. The zero-order valence-corrected chi connectivity index (χ0v) is 9.00. The fraction of sp³-hybridized carbons (Fsp3) is 0.455. The Morgan fingerprint density at radius 2 is 2.14 bits per heavy atom. The van der Waals surface area contributed by atoms with Crippen LogP contribution in [0.3, 0.4) is 0 Å². The Balaban J connectivity index is 1.94. The molecule has 0 aliphatic carbocycles. The first-order chi connectivity index (χ1) is 6.74. The van der Waals surface area contributed by atoms with Gasteiger partial charge >= 0.3 is 0 Å². The third kappa shape index (κ3) is 2.47. The first-order valence-corrected chi connectivity index (χ1v) is 5.20. The summed E-state index contributed by atoms with van der Waals surface area (Å²) in [7, 11) is 0. The van der Waals surface area contributed by atoms with Gasteiger partial charge in [0.1, 0.15) is 0 Å². The summed E-state index contributed by atoms with van der Waals surface area (Å²) < 4.78 is 5.46. The summed E-state index contributed by atoms with van der Waals surface area (Å²) in [5, 5.41) is 0.791. The number of rotatable bonds is 2. The van der Waals surface area contributed by atoms with Gasteiger partial charge in [-0.3, -0.25) is 4.90 Å². The largest absolute Gasteiger partial charge is 0.362 e. The second-order valence-electron chi connectivity index (χ2n) is 3.74. The molecule has 1 atom stereocenters. The molecule has 76 valence electrons. The van der Waals surface area contributed by atoms with Gasteiger partial charge < -0.3 is 4.74 Å². The summed E-state index contributed by atoms with van der Waals surface area (Å²) in [4.78, 5) is 2.29. The third-order valence-electron chi connectivity index (χ3n) is 2.38. The fourth-order valence-corrected chi connectivity index (χ4v) is 1.79. The second kappa shape index (κ2) is 4.30. The van der Waals surface area contributed by atoms with E-state index in [1.165, 1.54) is 5.56 Å². The normalized spacial score (nSPS) is 22.9. The lowest BCUT2D eigenvalue weighted by Crippen LogP contribution is -2.20. The molecule has 1 unspecified atom stereocenters. The van der Waals surface area contributed by atoms with Crippen LogP contribution in [0.5, 0.6) is 0 Å². The lowest BCUT2D eigenvalue weighted by atomic mass is 10.2. The molecule has 0 bridgehead atoms. The highest BCUT2D eigenvalue weighted by atomic mass is 35.5. The van der Waals surface area contributed by atoms with Crippen molar-refractivity contribution >= 4 is 11.6 Å². The summed E-state index contributed by atoms with van der Waals surface area (Å²) in [6, 6.07) is 7.98. The van der Waals surface area contributed by atoms with Gasteiger partial charge in [-0.05, 0) is 24.6 Å². The van der Waals surface area contributed by atoms with Crippen molar-refractivity contribution in [2.24, 2.45) is 0 Å². The molecule has 0 radical (unpaired) electrons. The van der Waals surface area contributed by atoms with Crippen molar-refractivity contribution in [3.8, 4) is 0 Å². The molecule has 14 heavy (non-hydrogen) atoms. The Morgan fingerprint density at radius 1 is 1.43 bits per heavy atom. The third-order valence-corrected chi connectivity index (χ3v) is 2.63. The molecule has 1 aliphatic rings. The van der Waals surface area contributed by atoms with Gasteiger partial charge in [0, 0.05) is 18.1 Å². The minimum atomic E-state index is 0.363. The zero-order valence-electron chi connectivity index (χ0n) is 8.24. The first kappa shape index (κ1) is 9.97. The van der Waals surface area contributed by atoms with Gasteiger partial charge in [-0.1, -0.05) is 23.7 Å². The summed E-state index contributed by atoms with van der Waals surface area (Å²) in [6.45, 7) is 4.80. The molecular formula is C11H14ClNO. The van der Waals surface area contributed by atoms with Crippen molar-refractivity contribution in [2.45, 2.75) is 19.6 Å². The van der Waals surface area contributed by atoms with E-state index in [4.69, 9.17) is 16.3 Å². The Labute approximate surface area is 89.4 Å². The maximum absolute atomic E-state index is 5.81. The number of nitrogens with zero attached hydrogens (tertiary/aromatic N) is 1. The lowest BCUT2D eigenvalue weighted by Gasteiger charge is -2.12. The second-order valence-corrected chi connectivity index (χ2v) is 4.18. The maximum Gasteiger partial charge on any atom is 0.0998 e. The van der Waals surface area contributed by atoms with Gasteiger partial charge in [-0.25, -0.2) is 0 Å². The van der Waals surface area contributed by atoms with E-state index in [1.54, 1.807) is 0 Å². The maximum atomic E-state index is 5.81. The summed E-state index contributed by atoms with van der Waals surface area (Å²) in [5.41, 5.74) is 1.28. The predicted molar refractivity (Wildman–Crippen MR) is 57.3 cm³/mol. The Bertz CT molecular complexity index is 299. The topological polar surface area (TPSA) is 12.5 Å². The highest BCUT2D eigenvalue weighted by Crippen LogP contribution is 2.14. The zero-order chi connectivity index (χ0) is 9.97. The Hall–Kier alpha value is -0.570. The van der Waals surface area contributed by atoms with Crippen LogP contribution in [0, 0.1) is 0 Å². The molecule has 2 nitrogen and oxygen atoms in total. The quantitative estimate of drug-likeness (QED) is 0.746. The monoisotopic (exact) mass is 211 g/mol. The van der Waals surface area contributed by atoms with Crippen molar-refractivity contribution in [1.29, 1.82) is 0 Å². The van der Waals surface area contributed by atoms with E-state index in [9.17, 15) is 0 Å². The molecule has 1 saturated heterocycles. The van der Waals surface area contributed by atoms with Gasteiger partial charge in [0.05, 0.1) is 12.8 Å². The minimum absolute atomic E-state index is 0.363. The van der Waals surface area contributed by atoms with Gasteiger partial charge in [0.2, 0.25) is 0 Å². The van der Waals surface area contributed by atoms with Gasteiger partial charge in [0.15, 0.2) is 0 Å². The summed E-state index contributed by atoms with van der Waals surface area (Å²) in [5.74, 6) is 0.